The zero-order valence-electron chi connectivity index (χ0n) is 9.33. The minimum absolute atomic E-state index is 0.298. The molecule has 0 aromatic heterocycles. The molecule has 1 rings (SSSR count). The average molecular weight is 212 g/mol. The molecule has 0 bridgehead atoms. The molecule has 1 aromatic carbocycles. The van der Waals surface area contributed by atoms with Crippen LogP contribution in [-0.2, 0) is 0 Å². The lowest BCUT2D eigenvalue weighted by Crippen LogP contribution is -2.05. The summed E-state index contributed by atoms with van der Waals surface area (Å²) in [5.74, 6) is 0.487. The van der Waals surface area contributed by atoms with Crippen LogP contribution in [0.25, 0.3) is 0 Å². The molecule has 0 spiro atoms. The Bertz CT molecular complexity index is 321. The van der Waals surface area contributed by atoms with E-state index in [9.17, 15) is 9.50 Å². The fourth-order valence-corrected chi connectivity index (χ4v) is 1.20. The molecule has 0 saturated carbocycles. The van der Waals surface area contributed by atoms with Crippen LogP contribution in [0.5, 0.6) is 5.75 Å². The fourth-order valence-electron chi connectivity index (χ4n) is 1.20. The first-order chi connectivity index (χ1) is 7.00. The minimum Gasteiger partial charge on any atom is -0.493 e. The molecular weight excluding hydrogens is 195 g/mol. The van der Waals surface area contributed by atoms with Crippen LogP contribution in [-0.4, -0.2) is 11.7 Å². The second-order valence-electron chi connectivity index (χ2n) is 4.06. The lowest BCUT2D eigenvalue weighted by molar-refractivity contribution is 0.193. The molecule has 0 heterocycles. The van der Waals surface area contributed by atoms with Crippen molar-refractivity contribution in [3.05, 3.63) is 29.6 Å². The summed E-state index contributed by atoms with van der Waals surface area (Å²) in [6.07, 6.45) is -0.788. The zero-order valence-corrected chi connectivity index (χ0v) is 9.33. The van der Waals surface area contributed by atoms with E-state index in [2.05, 4.69) is 0 Å². The van der Waals surface area contributed by atoms with Crippen molar-refractivity contribution in [1.29, 1.82) is 0 Å². The van der Waals surface area contributed by atoms with E-state index in [1.54, 1.807) is 12.1 Å². The number of hydrogen-bond acceptors (Lipinski definition) is 2. The van der Waals surface area contributed by atoms with Gasteiger partial charge in [-0.1, -0.05) is 13.8 Å². The number of aliphatic hydroxyl groups is 1. The van der Waals surface area contributed by atoms with Gasteiger partial charge in [0.05, 0.1) is 12.7 Å². The van der Waals surface area contributed by atoms with Crippen molar-refractivity contribution in [2.24, 2.45) is 5.92 Å². The summed E-state index contributed by atoms with van der Waals surface area (Å²) in [5, 5.41) is 9.23. The van der Waals surface area contributed by atoms with Gasteiger partial charge in [0, 0.05) is 11.6 Å². The molecule has 1 atom stereocenters. The molecule has 0 aliphatic rings. The van der Waals surface area contributed by atoms with Gasteiger partial charge in [0.1, 0.15) is 11.6 Å². The third-order valence-electron chi connectivity index (χ3n) is 2.01. The van der Waals surface area contributed by atoms with Crippen LogP contribution < -0.4 is 4.74 Å². The quantitative estimate of drug-likeness (QED) is 0.831. The molecule has 1 aromatic rings. The Kier molecular flexibility index (Phi) is 4.09. The first kappa shape index (κ1) is 12.0. The maximum Gasteiger partial charge on any atom is 0.132 e. The van der Waals surface area contributed by atoms with Crippen molar-refractivity contribution in [2.45, 2.75) is 26.9 Å². The number of rotatable bonds is 4. The highest BCUT2D eigenvalue weighted by atomic mass is 19.1. The van der Waals surface area contributed by atoms with Crippen LogP contribution in [0.2, 0.25) is 0 Å². The predicted octanol–water partition coefficient (Wildman–Crippen LogP) is 2.91. The molecule has 1 N–H and O–H groups in total. The largest absolute Gasteiger partial charge is 0.493 e. The van der Waals surface area contributed by atoms with Crippen molar-refractivity contribution >= 4 is 0 Å². The molecule has 0 aliphatic heterocycles. The van der Waals surface area contributed by atoms with Gasteiger partial charge in [-0.05, 0) is 25.0 Å². The van der Waals surface area contributed by atoms with E-state index < -0.39 is 11.9 Å². The molecule has 0 aliphatic carbocycles. The third-order valence-corrected chi connectivity index (χ3v) is 2.01. The van der Waals surface area contributed by atoms with Gasteiger partial charge < -0.3 is 9.84 Å². The van der Waals surface area contributed by atoms with Crippen molar-refractivity contribution in [2.75, 3.05) is 6.61 Å². The molecule has 0 amide bonds. The summed E-state index contributed by atoms with van der Waals surface area (Å²) < 4.78 is 18.7. The second kappa shape index (κ2) is 5.12. The van der Waals surface area contributed by atoms with Crippen molar-refractivity contribution in [1.82, 2.24) is 0 Å². The van der Waals surface area contributed by atoms with Crippen molar-refractivity contribution in [3.63, 3.8) is 0 Å². The van der Waals surface area contributed by atoms with Gasteiger partial charge in [-0.25, -0.2) is 4.39 Å². The Hall–Kier alpha value is -1.09. The third kappa shape index (κ3) is 3.51. The summed E-state index contributed by atoms with van der Waals surface area (Å²) >= 11 is 0. The van der Waals surface area contributed by atoms with Crippen LogP contribution in [0, 0.1) is 11.7 Å². The minimum atomic E-state index is -0.788. The van der Waals surface area contributed by atoms with Gasteiger partial charge in [-0.15, -0.1) is 0 Å². The summed E-state index contributed by atoms with van der Waals surface area (Å²) in [5.41, 5.74) is 0.298. The van der Waals surface area contributed by atoms with Crippen LogP contribution in [0.15, 0.2) is 18.2 Å². The monoisotopic (exact) mass is 212 g/mol. The van der Waals surface area contributed by atoms with E-state index in [0.29, 0.717) is 23.8 Å². The van der Waals surface area contributed by atoms with Gasteiger partial charge in [-0.3, -0.25) is 0 Å². The standard InChI is InChI=1S/C12H17FO2/c1-8(2)7-15-10-4-5-11(9(3)14)12(13)6-10/h4-6,8-9,14H,7H2,1-3H3/t9-/m1/s1. The van der Waals surface area contributed by atoms with Gasteiger partial charge in [0.15, 0.2) is 0 Å². The summed E-state index contributed by atoms with van der Waals surface area (Å²) in [4.78, 5) is 0. The molecule has 0 fully saturated rings. The van der Waals surface area contributed by atoms with Crippen LogP contribution in [0.1, 0.15) is 32.4 Å². The van der Waals surface area contributed by atoms with E-state index in [1.165, 1.54) is 13.0 Å². The highest BCUT2D eigenvalue weighted by molar-refractivity contribution is 5.29. The lowest BCUT2D eigenvalue weighted by Gasteiger charge is -2.11. The number of halogens is 1. The van der Waals surface area contributed by atoms with E-state index in [0.717, 1.165) is 0 Å². The summed E-state index contributed by atoms with van der Waals surface area (Å²) in [7, 11) is 0. The predicted molar refractivity (Wildman–Crippen MR) is 57.4 cm³/mol. The Labute approximate surface area is 89.7 Å². The fraction of sp³-hybridized carbons (Fsp3) is 0.500. The molecule has 2 nitrogen and oxygen atoms in total. The maximum absolute atomic E-state index is 13.4. The van der Waals surface area contributed by atoms with E-state index in [-0.39, 0.29) is 0 Å². The Balaban J connectivity index is 2.73. The Morgan fingerprint density at radius 1 is 1.33 bits per heavy atom. The normalized spacial score (nSPS) is 12.9. The smallest absolute Gasteiger partial charge is 0.132 e. The lowest BCUT2D eigenvalue weighted by atomic mass is 10.1. The molecule has 15 heavy (non-hydrogen) atoms. The van der Waals surface area contributed by atoms with Gasteiger partial charge in [-0.2, -0.15) is 0 Å². The van der Waals surface area contributed by atoms with Gasteiger partial charge in [0.25, 0.3) is 0 Å². The second-order valence-corrected chi connectivity index (χ2v) is 4.06. The molecule has 3 heteroatoms. The number of aliphatic hydroxyl groups excluding tert-OH is 1. The number of hydrogen-bond donors (Lipinski definition) is 1. The van der Waals surface area contributed by atoms with E-state index in [4.69, 9.17) is 4.74 Å². The number of ether oxygens (including phenoxy) is 1. The molecule has 0 unspecified atom stereocenters. The maximum atomic E-state index is 13.4. The van der Waals surface area contributed by atoms with E-state index in [1.807, 2.05) is 13.8 Å². The SMILES string of the molecule is CC(C)COc1ccc([C@@H](C)O)c(F)c1. The molecule has 0 radical (unpaired) electrons. The molecule has 84 valence electrons. The van der Waals surface area contributed by atoms with Crippen LogP contribution >= 0.6 is 0 Å². The average Bonchev–Trinajstić information content (AvgIpc) is 2.14. The topological polar surface area (TPSA) is 29.5 Å². The summed E-state index contributed by atoms with van der Waals surface area (Å²) in [6, 6.07) is 4.54. The first-order valence-electron chi connectivity index (χ1n) is 5.11. The van der Waals surface area contributed by atoms with Crippen molar-refractivity contribution < 1.29 is 14.2 Å². The van der Waals surface area contributed by atoms with Crippen LogP contribution in [0.3, 0.4) is 0 Å². The molecule has 0 saturated heterocycles. The zero-order chi connectivity index (χ0) is 11.4. The van der Waals surface area contributed by atoms with Crippen molar-refractivity contribution in [3.8, 4) is 5.75 Å². The first-order valence-corrected chi connectivity index (χ1v) is 5.11. The highest BCUT2D eigenvalue weighted by Gasteiger charge is 2.09. The Morgan fingerprint density at radius 2 is 2.00 bits per heavy atom. The number of benzene rings is 1. The summed E-state index contributed by atoms with van der Waals surface area (Å²) in [6.45, 7) is 6.15. The van der Waals surface area contributed by atoms with Crippen LogP contribution in [0.4, 0.5) is 4.39 Å². The highest BCUT2D eigenvalue weighted by Crippen LogP contribution is 2.21. The van der Waals surface area contributed by atoms with Gasteiger partial charge in [0.2, 0.25) is 0 Å². The molecular formula is C12H17FO2. The van der Waals surface area contributed by atoms with Gasteiger partial charge >= 0.3 is 0 Å². The Morgan fingerprint density at radius 3 is 2.47 bits per heavy atom. The van der Waals surface area contributed by atoms with E-state index >= 15 is 0 Å².